The molecular weight excluding hydrogens is 474 g/mol. The van der Waals surface area contributed by atoms with Crippen LogP contribution in [-0.2, 0) is 7.05 Å². The number of rotatable bonds is 7. The number of nitrogens with one attached hydrogen (secondary N) is 2. The van der Waals surface area contributed by atoms with E-state index >= 15 is 0 Å². The first-order valence-electron chi connectivity index (χ1n) is 11.2. The maximum absolute atomic E-state index is 11.8. The molecule has 0 aliphatic carbocycles. The summed E-state index contributed by atoms with van der Waals surface area (Å²) in [7, 11) is 3.29. The Morgan fingerprint density at radius 2 is 1.84 bits per heavy atom. The molecule has 11 nitrogen and oxygen atoms in total. The van der Waals surface area contributed by atoms with Crippen molar-refractivity contribution in [2.24, 2.45) is 7.05 Å². The number of oxazole rings is 1. The highest BCUT2D eigenvalue weighted by Gasteiger charge is 2.20. The number of hydrogen-bond acceptors (Lipinski definition) is 9. The summed E-state index contributed by atoms with van der Waals surface area (Å²) in [6, 6.07) is 12.8. The number of para-hydroxylation sites is 3. The molecule has 0 unspecified atom stereocenters. The summed E-state index contributed by atoms with van der Waals surface area (Å²) in [4.78, 5) is 24.8. The van der Waals surface area contributed by atoms with E-state index in [0.29, 0.717) is 39.7 Å². The SMILES string of the molecule is C.CC.COc1c(Nc2nc(Nc3cnn(C)c3)ncc2C(=O)O)cccc1-c1nc2ccccc2o1. The lowest BCUT2D eigenvalue weighted by Crippen LogP contribution is -2.09. The van der Waals surface area contributed by atoms with Gasteiger partial charge in [0.2, 0.25) is 11.8 Å². The predicted molar refractivity (Wildman–Crippen MR) is 143 cm³/mol. The molecule has 0 fully saturated rings. The molecule has 5 rings (SSSR count). The van der Waals surface area contributed by atoms with Crippen molar-refractivity contribution in [1.29, 1.82) is 0 Å². The number of aromatic nitrogens is 5. The monoisotopic (exact) mass is 503 g/mol. The smallest absolute Gasteiger partial charge is 0.341 e. The molecule has 0 spiro atoms. The van der Waals surface area contributed by atoms with Crippen LogP contribution in [0.5, 0.6) is 5.75 Å². The number of anilines is 4. The summed E-state index contributed by atoms with van der Waals surface area (Å²) in [5, 5.41) is 19.8. The van der Waals surface area contributed by atoms with Crippen molar-refractivity contribution in [3.63, 3.8) is 0 Å². The molecule has 3 heterocycles. The molecule has 0 saturated heterocycles. The van der Waals surface area contributed by atoms with Crippen LogP contribution in [0.4, 0.5) is 23.1 Å². The summed E-state index contributed by atoms with van der Waals surface area (Å²) in [5.41, 5.74) is 3.00. The number of methoxy groups -OCH3 is 1. The lowest BCUT2D eigenvalue weighted by molar-refractivity contribution is 0.0697. The lowest BCUT2D eigenvalue weighted by atomic mass is 10.1. The molecule has 0 saturated carbocycles. The fourth-order valence-corrected chi connectivity index (χ4v) is 3.45. The van der Waals surface area contributed by atoms with Crippen molar-refractivity contribution in [2.75, 3.05) is 17.7 Å². The Labute approximate surface area is 214 Å². The first-order chi connectivity index (χ1) is 17.5. The molecule has 0 radical (unpaired) electrons. The van der Waals surface area contributed by atoms with Gasteiger partial charge >= 0.3 is 5.97 Å². The molecule has 0 aliphatic heterocycles. The number of ether oxygens (including phenoxy) is 1. The average molecular weight is 504 g/mol. The van der Waals surface area contributed by atoms with Gasteiger partial charge in [-0.15, -0.1) is 0 Å². The van der Waals surface area contributed by atoms with E-state index in [4.69, 9.17) is 9.15 Å². The molecule has 0 atom stereocenters. The summed E-state index contributed by atoms with van der Waals surface area (Å²) in [6.07, 6.45) is 4.58. The molecule has 0 amide bonds. The van der Waals surface area contributed by atoms with E-state index in [9.17, 15) is 9.90 Å². The van der Waals surface area contributed by atoms with Gasteiger partial charge in [0.05, 0.1) is 30.2 Å². The van der Waals surface area contributed by atoms with E-state index in [0.717, 1.165) is 0 Å². The van der Waals surface area contributed by atoms with Gasteiger partial charge in [-0.25, -0.2) is 14.8 Å². The van der Waals surface area contributed by atoms with Crippen LogP contribution in [0.3, 0.4) is 0 Å². The topological polar surface area (TPSA) is 140 Å². The van der Waals surface area contributed by atoms with E-state index in [1.165, 1.54) is 13.3 Å². The minimum absolute atomic E-state index is 0. The molecule has 3 N–H and O–H groups in total. The number of carbonyl (C=O) groups is 1. The third-order valence-electron chi connectivity index (χ3n) is 4.98. The van der Waals surface area contributed by atoms with Crippen LogP contribution >= 0.6 is 0 Å². The van der Waals surface area contributed by atoms with Gasteiger partial charge < -0.3 is 24.9 Å². The van der Waals surface area contributed by atoms with Gasteiger partial charge in [0.25, 0.3) is 0 Å². The predicted octanol–water partition coefficient (Wildman–Crippen LogP) is 5.87. The zero-order valence-corrected chi connectivity index (χ0v) is 20.2. The minimum Gasteiger partial charge on any atom is -0.494 e. The van der Waals surface area contributed by atoms with Crippen LogP contribution < -0.4 is 15.4 Å². The Morgan fingerprint density at radius 1 is 1.05 bits per heavy atom. The maximum Gasteiger partial charge on any atom is 0.341 e. The average Bonchev–Trinajstić information content (AvgIpc) is 3.51. The zero-order valence-electron chi connectivity index (χ0n) is 20.2. The standard InChI is InChI=1S/C23H19N7O4.C2H6.CH4/c1-30-12-13(10-25-30)26-23-24-11-15(22(31)32)20(29-23)27-17-8-5-6-14(19(17)33-2)21-28-16-7-3-4-9-18(16)34-21;1-2;/h3-12H,1-2H3,(H,31,32)(H2,24,26,27,29);1-2H3;1H4. The van der Waals surface area contributed by atoms with Crippen molar-refractivity contribution < 1.29 is 19.1 Å². The molecule has 3 aromatic heterocycles. The lowest BCUT2D eigenvalue weighted by Gasteiger charge is -2.15. The molecule has 192 valence electrons. The van der Waals surface area contributed by atoms with Gasteiger partial charge in [0.1, 0.15) is 11.1 Å². The Balaban J connectivity index is 0.00000124. The second-order valence-electron chi connectivity index (χ2n) is 7.29. The van der Waals surface area contributed by atoms with Crippen molar-refractivity contribution in [1.82, 2.24) is 24.7 Å². The number of fused-ring (bicyclic) bond motifs is 1. The van der Waals surface area contributed by atoms with Crippen LogP contribution in [0.2, 0.25) is 0 Å². The summed E-state index contributed by atoms with van der Waals surface area (Å²) >= 11 is 0. The molecule has 0 aliphatic rings. The van der Waals surface area contributed by atoms with E-state index in [1.54, 1.807) is 36.3 Å². The maximum atomic E-state index is 11.8. The Bertz CT molecular complexity index is 1480. The number of aryl methyl sites for hydroxylation is 1. The van der Waals surface area contributed by atoms with E-state index in [1.807, 2.05) is 44.2 Å². The van der Waals surface area contributed by atoms with Gasteiger partial charge in [0, 0.05) is 19.4 Å². The quantitative estimate of drug-likeness (QED) is 0.247. The fourth-order valence-electron chi connectivity index (χ4n) is 3.45. The third-order valence-corrected chi connectivity index (χ3v) is 4.98. The second kappa shape index (κ2) is 11.7. The number of benzene rings is 2. The zero-order chi connectivity index (χ0) is 25.7. The number of carboxylic acid groups (broad SMARTS) is 1. The first-order valence-corrected chi connectivity index (χ1v) is 11.2. The highest BCUT2D eigenvalue weighted by atomic mass is 16.5. The van der Waals surface area contributed by atoms with Gasteiger partial charge in [-0.3, -0.25) is 4.68 Å². The second-order valence-corrected chi connectivity index (χ2v) is 7.29. The summed E-state index contributed by atoms with van der Waals surface area (Å²) in [6.45, 7) is 4.00. The molecular formula is C26H29N7O4. The van der Waals surface area contributed by atoms with Crippen molar-refractivity contribution in [3.8, 4) is 17.2 Å². The van der Waals surface area contributed by atoms with Gasteiger partial charge in [-0.2, -0.15) is 10.1 Å². The first kappa shape index (κ1) is 26.7. The molecule has 2 aromatic carbocycles. The fraction of sp³-hybridized carbons (Fsp3) is 0.192. The van der Waals surface area contributed by atoms with E-state index in [2.05, 4.69) is 30.7 Å². The van der Waals surface area contributed by atoms with Gasteiger partial charge in [-0.1, -0.05) is 39.5 Å². The van der Waals surface area contributed by atoms with Crippen LogP contribution in [0.1, 0.15) is 31.6 Å². The Hall–Kier alpha value is -4.93. The van der Waals surface area contributed by atoms with Crippen LogP contribution in [0.15, 0.2) is 65.5 Å². The normalized spacial score (nSPS) is 10.2. The van der Waals surface area contributed by atoms with Crippen molar-refractivity contribution in [2.45, 2.75) is 21.3 Å². The van der Waals surface area contributed by atoms with Crippen LogP contribution in [0.25, 0.3) is 22.6 Å². The Morgan fingerprint density at radius 3 is 2.51 bits per heavy atom. The minimum atomic E-state index is -1.18. The Kier molecular flexibility index (Phi) is 8.41. The van der Waals surface area contributed by atoms with Gasteiger partial charge in [-0.05, 0) is 24.3 Å². The van der Waals surface area contributed by atoms with Crippen LogP contribution in [-0.4, -0.2) is 42.9 Å². The highest BCUT2D eigenvalue weighted by molar-refractivity contribution is 5.94. The van der Waals surface area contributed by atoms with Gasteiger partial charge in [0.15, 0.2) is 17.2 Å². The van der Waals surface area contributed by atoms with E-state index < -0.39 is 5.97 Å². The number of nitrogens with zero attached hydrogens (tertiary/aromatic N) is 5. The largest absolute Gasteiger partial charge is 0.494 e. The molecule has 0 bridgehead atoms. The number of carboxylic acids is 1. The molecule has 11 heteroatoms. The summed E-state index contributed by atoms with van der Waals surface area (Å²) in [5.74, 6) is -0.0893. The number of aromatic carboxylic acids is 1. The molecule has 37 heavy (non-hydrogen) atoms. The highest BCUT2D eigenvalue weighted by Crippen LogP contribution is 2.38. The van der Waals surface area contributed by atoms with Crippen molar-refractivity contribution >= 4 is 40.2 Å². The van der Waals surface area contributed by atoms with Crippen molar-refractivity contribution in [3.05, 3.63) is 66.6 Å². The molecule has 5 aromatic rings. The van der Waals surface area contributed by atoms with E-state index in [-0.39, 0.29) is 24.8 Å². The third kappa shape index (κ3) is 5.67. The summed E-state index contributed by atoms with van der Waals surface area (Å²) < 4.78 is 13.2. The number of hydrogen-bond donors (Lipinski definition) is 3. The van der Waals surface area contributed by atoms with Crippen LogP contribution in [0, 0.1) is 0 Å².